The normalized spacial score (nSPS) is 10.2. The highest BCUT2D eigenvalue weighted by atomic mass is 79.9. The van der Waals surface area contributed by atoms with Crippen molar-refractivity contribution in [2.75, 3.05) is 24.2 Å². The zero-order chi connectivity index (χ0) is 14.0. The minimum Gasteiger partial charge on any atom is -0.382 e. The smallest absolute Gasteiger partial charge is 0.171 e. The van der Waals surface area contributed by atoms with Gasteiger partial charge in [-0.05, 0) is 31.2 Å². The second-order valence-corrected chi connectivity index (χ2v) is 5.01. The van der Waals surface area contributed by atoms with Crippen molar-refractivity contribution >= 4 is 27.6 Å². The highest BCUT2D eigenvalue weighted by molar-refractivity contribution is 9.10. The number of anilines is 2. The first-order valence-electron chi connectivity index (χ1n) is 5.84. The van der Waals surface area contributed by atoms with E-state index in [2.05, 4.69) is 27.1 Å². The summed E-state index contributed by atoms with van der Waals surface area (Å²) in [5.74, 6) is 0.963. The number of aromatic nitrogens is 2. The third kappa shape index (κ3) is 2.42. The largest absolute Gasteiger partial charge is 0.382 e. The van der Waals surface area contributed by atoms with Gasteiger partial charge in [-0.15, -0.1) is 5.10 Å². The molecular weight excluding hydrogens is 306 g/mol. The molecule has 0 saturated carbocycles. The Morgan fingerprint density at radius 2 is 2.05 bits per heavy atom. The number of nitrogen functional groups attached to an aromatic ring is 1. The van der Waals surface area contributed by atoms with Gasteiger partial charge in [0.15, 0.2) is 5.82 Å². The van der Waals surface area contributed by atoms with E-state index in [1.165, 1.54) is 0 Å². The fourth-order valence-corrected chi connectivity index (χ4v) is 1.99. The average molecular weight is 320 g/mol. The van der Waals surface area contributed by atoms with E-state index < -0.39 is 0 Å². The van der Waals surface area contributed by atoms with Crippen LogP contribution in [0.1, 0.15) is 12.5 Å². The standard InChI is InChI=1S/C13H14BrN5/c1-3-18(2)13-11(8-15)12(16)19(17-13)10-6-4-9(14)5-7-10/h4-7H,3,16H2,1-2H3. The number of hydrogen-bond donors (Lipinski definition) is 1. The number of nitriles is 1. The zero-order valence-electron chi connectivity index (χ0n) is 10.8. The molecule has 0 aliphatic carbocycles. The van der Waals surface area contributed by atoms with Crippen molar-refractivity contribution in [3.63, 3.8) is 0 Å². The van der Waals surface area contributed by atoms with Crippen LogP contribution < -0.4 is 10.6 Å². The molecule has 98 valence electrons. The van der Waals surface area contributed by atoms with Crippen molar-refractivity contribution in [1.82, 2.24) is 9.78 Å². The van der Waals surface area contributed by atoms with E-state index in [-0.39, 0.29) is 0 Å². The van der Waals surface area contributed by atoms with Crippen molar-refractivity contribution in [3.05, 3.63) is 34.3 Å². The fraction of sp³-hybridized carbons (Fsp3) is 0.231. The summed E-state index contributed by atoms with van der Waals surface area (Å²) in [5, 5.41) is 13.7. The van der Waals surface area contributed by atoms with Crippen LogP contribution in [0, 0.1) is 11.3 Å². The molecular formula is C13H14BrN5. The van der Waals surface area contributed by atoms with Crippen LogP contribution in [0.5, 0.6) is 0 Å². The van der Waals surface area contributed by atoms with Gasteiger partial charge < -0.3 is 10.6 Å². The van der Waals surface area contributed by atoms with Crippen molar-refractivity contribution in [1.29, 1.82) is 5.26 Å². The lowest BCUT2D eigenvalue weighted by molar-refractivity contribution is 0.851. The predicted molar refractivity (Wildman–Crippen MR) is 79.3 cm³/mol. The first kappa shape index (κ1) is 13.4. The Labute approximate surface area is 120 Å². The van der Waals surface area contributed by atoms with Gasteiger partial charge in [0.1, 0.15) is 17.5 Å². The predicted octanol–water partition coefficient (Wildman–Crippen LogP) is 2.54. The van der Waals surface area contributed by atoms with Crippen molar-refractivity contribution in [2.45, 2.75) is 6.92 Å². The maximum absolute atomic E-state index is 9.23. The van der Waals surface area contributed by atoms with E-state index in [1.807, 2.05) is 43.1 Å². The van der Waals surface area contributed by atoms with Crippen LogP contribution in [-0.4, -0.2) is 23.4 Å². The third-order valence-corrected chi connectivity index (χ3v) is 3.45. The molecule has 0 spiro atoms. The molecule has 0 unspecified atom stereocenters. The van der Waals surface area contributed by atoms with Gasteiger partial charge in [-0.3, -0.25) is 0 Å². The molecule has 2 aromatic rings. The van der Waals surface area contributed by atoms with Crippen molar-refractivity contribution in [3.8, 4) is 11.8 Å². The highest BCUT2D eigenvalue weighted by Gasteiger charge is 2.18. The topological polar surface area (TPSA) is 70.9 Å². The molecule has 2 N–H and O–H groups in total. The first-order chi connectivity index (χ1) is 9.08. The third-order valence-electron chi connectivity index (χ3n) is 2.92. The lowest BCUT2D eigenvalue weighted by atomic mass is 10.3. The number of nitrogens with two attached hydrogens (primary N) is 1. The minimum absolute atomic E-state index is 0.361. The molecule has 19 heavy (non-hydrogen) atoms. The van der Waals surface area contributed by atoms with E-state index in [0.29, 0.717) is 17.2 Å². The van der Waals surface area contributed by atoms with Gasteiger partial charge in [0, 0.05) is 18.1 Å². The number of hydrogen-bond acceptors (Lipinski definition) is 4. The summed E-state index contributed by atoms with van der Waals surface area (Å²) in [5.41, 5.74) is 7.25. The minimum atomic E-state index is 0.361. The van der Waals surface area contributed by atoms with E-state index in [0.717, 1.165) is 16.7 Å². The molecule has 1 aromatic heterocycles. The Morgan fingerprint density at radius 1 is 1.42 bits per heavy atom. The number of nitrogens with zero attached hydrogens (tertiary/aromatic N) is 4. The van der Waals surface area contributed by atoms with Crippen LogP contribution in [0.3, 0.4) is 0 Å². The maximum Gasteiger partial charge on any atom is 0.171 e. The molecule has 0 aliphatic heterocycles. The maximum atomic E-state index is 9.23. The summed E-state index contributed by atoms with van der Waals surface area (Å²) >= 11 is 3.38. The SMILES string of the molecule is CCN(C)c1nn(-c2ccc(Br)cc2)c(N)c1C#N. The molecule has 6 heteroatoms. The number of rotatable bonds is 3. The Morgan fingerprint density at radius 3 is 2.58 bits per heavy atom. The van der Waals surface area contributed by atoms with Crippen LogP contribution >= 0.6 is 15.9 Å². The van der Waals surface area contributed by atoms with Gasteiger partial charge in [0.2, 0.25) is 0 Å². The Kier molecular flexibility index (Phi) is 3.76. The van der Waals surface area contributed by atoms with Crippen molar-refractivity contribution in [2.24, 2.45) is 0 Å². The summed E-state index contributed by atoms with van der Waals surface area (Å²) in [6.07, 6.45) is 0. The molecule has 0 saturated heterocycles. The Balaban J connectivity index is 2.56. The summed E-state index contributed by atoms with van der Waals surface area (Å²) in [6.45, 7) is 2.75. The number of benzene rings is 1. The molecule has 0 atom stereocenters. The molecule has 0 radical (unpaired) electrons. The summed E-state index contributed by atoms with van der Waals surface area (Å²) in [7, 11) is 1.88. The molecule has 0 fully saturated rings. The summed E-state index contributed by atoms with van der Waals surface area (Å²) in [4.78, 5) is 1.89. The summed E-state index contributed by atoms with van der Waals surface area (Å²) in [6, 6.07) is 9.72. The second kappa shape index (κ2) is 5.33. The van der Waals surface area contributed by atoms with Gasteiger partial charge >= 0.3 is 0 Å². The summed E-state index contributed by atoms with van der Waals surface area (Å²) < 4.78 is 2.57. The van der Waals surface area contributed by atoms with Crippen LogP contribution in [0.4, 0.5) is 11.6 Å². The average Bonchev–Trinajstić information content (AvgIpc) is 2.76. The number of halogens is 1. The second-order valence-electron chi connectivity index (χ2n) is 4.10. The van der Waals surface area contributed by atoms with Crippen LogP contribution in [0.15, 0.2) is 28.7 Å². The molecule has 5 nitrogen and oxygen atoms in total. The van der Waals surface area contributed by atoms with E-state index in [1.54, 1.807) is 4.68 Å². The Hall–Kier alpha value is -2.00. The van der Waals surface area contributed by atoms with Gasteiger partial charge in [-0.25, -0.2) is 4.68 Å². The lowest BCUT2D eigenvalue weighted by Gasteiger charge is -2.12. The lowest BCUT2D eigenvalue weighted by Crippen LogP contribution is -2.17. The molecule has 1 heterocycles. The molecule has 0 amide bonds. The van der Waals surface area contributed by atoms with Crippen LogP contribution in [0.25, 0.3) is 5.69 Å². The van der Waals surface area contributed by atoms with Gasteiger partial charge in [-0.2, -0.15) is 5.26 Å². The van der Waals surface area contributed by atoms with Gasteiger partial charge in [-0.1, -0.05) is 15.9 Å². The molecule has 1 aromatic carbocycles. The van der Waals surface area contributed by atoms with Gasteiger partial charge in [0.05, 0.1) is 5.69 Å². The van der Waals surface area contributed by atoms with E-state index in [9.17, 15) is 5.26 Å². The van der Waals surface area contributed by atoms with Crippen LogP contribution in [-0.2, 0) is 0 Å². The quantitative estimate of drug-likeness (QED) is 0.943. The van der Waals surface area contributed by atoms with E-state index >= 15 is 0 Å². The van der Waals surface area contributed by atoms with Crippen molar-refractivity contribution < 1.29 is 0 Å². The fourth-order valence-electron chi connectivity index (χ4n) is 1.72. The zero-order valence-corrected chi connectivity index (χ0v) is 12.3. The Bertz CT molecular complexity index is 624. The molecule has 0 bridgehead atoms. The molecule has 0 aliphatic rings. The molecule has 2 rings (SSSR count). The monoisotopic (exact) mass is 319 g/mol. The van der Waals surface area contributed by atoms with E-state index in [4.69, 9.17) is 5.73 Å². The first-order valence-corrected chi connectivity index (χ1v) is 6.63. The van der Waals surface area contributed by atoms with Crippen LogP contribution in [0.2, 0.25) is 0 Å². The van der Waals surface area contributed by atoms with Gasteiger partial charge in [0.25, 0.3) is 0 Å². The highest BCUT2D eigenvalue weighted by Crippen LogP contribution is 2.26.